The number of aliphatic hydroxyl groups excluding tert-OH is 1. The average molecular weight is 745 g/mol. The van der Waals surface area contributed by atoms with Crippen LogP contribution in [0.5, 0.6) is 0 Å². The molecule has 1 saturated heterocycles. The normalized spacial score (nSPS) is 38.3. The van der Waals surface area contributed by atoms with Gasteiger partial charge in [-0.15, -0.1) is 10.3 Å². The lowest BCUT2D eigenvalue weighted by atomic mass is 9.59. The number of carbonyl (C=O) groups is 3. The van der Waals surface area contributed by atoms with Crippen LogP contribution in [0.15, 0.2) is 23.3 Å². The van der Waals surface area contributed by atoms with Crippen molar-refractivity contribution in [1.29, 1.82) is 0 Å². The summed E-state index contributed by atoms with van der Waals surface area (Å²) >= 11 is 0. The number of Topliss-reactive ketones (excluding diaryl/α,β-unsaturated/α-hetero) is 1. The Morgan fingerprint density at radius 1 is 0.962 bits per heavy atom. The van der Waals surface area contributed by atoms with E-state index in [1.165, 1.54) is 45.4 Å². The monoisotopic (exact) mass is 744 g/mol. The topological polar surface area (TPSA) is 163 Å². The third-order valence-corrected chi connectivity index (χ3v) is 13.8. The molecule has 0 spiro atoms. The van der Waals surface area contributed by atoms with Crippen molar-refractivity contribution < 1.29 is 49.1 Å². The SMILES string of the molecule is CCCCCCCCCCCCC1(CCC(=O)OC2C(C)C3(O)C(C=C(CO)CC4(O)C(=O)C(C)=CC43)C3C(C)(C)C23OC(C)=O)OCC(C)(C)N1[O]. The van der Waals surface area contributed by atoms with Crippen LogP contribution >= 0.6 is 0 Å². The van der Waals surface area contributed by atoms with Crippen LogP contribution in [0, 0.1) is 29.1 Å². The molecule has 0 aromatic heterocycles. The highest BCUT2D eigenvalue weighted by atomic mass is 16.6. The minimum absolute atomic E-state index is 0.110. The summed E-state index contributed by atoms with van der Waals surface area (Å²) in [6, 6.07) is 0. The Balaban J connectivity index is 1.36. The second-order valence-corrected chi connectivity index (χ2v) is 18.2. The van der Waals surface area contributed by atoms with Gasteiger partial charge in [0.15, 0.2) is 11.4 Å². The maximum atomic E-state index is 14.0. The zero-order valence-corrected chi connectivity index (χ0v) is 33.5. The fourth-order valence-electron chi connectivity index (χ4n) is 10.9. The molecule has 9 unspecified atom stereocenters. The molecule has 11 nitrogen and oxygen atoms in total. The molecule has 1 radical (unpaired) electrons. The summed E-state index contributed by atoms with van der Waals surface area (Å²) < 4.78 is 18.7. The molecule has 4 aliphatic carbocycles. The number of carbonyl (C=O) groups excluding carboxylic acids is 3. The molecule has 3 fully saturated rings. The number of rotatable bonds is 17. The second-order valence-electron chi connectivity index (χ2n) is 18.2. The molecular formula is C42H66NO10. The average Bonchev–Trinajstić information content (AvgIpc) is 3.39. The van der Waals surface area contributed by atoms with Crippen molar-refractivity contribution in [2.45, 2.75) is 179 Å². The maximum absolute atomic E-state index is 14.0. The first-order valence-electron chi connectivity index (χ1n) is 20.3. The number of esters is 2. The van der Waals surface area contributed by atoms with Gasteiger partial charge in [0.2, 0.25) is 0 Å². The van der Waals surface area contributed by atoms with Crippen molar-refractivity contribution in [3.8, 4) is 0 Å². The standard InChI is InChI=1S/C42H66NO10/c1-9-10-11-12-13-14-15-16-17-18-20-39(43(50)37(5,6)26-51-39)21-19-33(46)52-36-28(3)41(49)31(34-38(7,8)42(34,36)53-29(4)45)23-30(25-44)24-40(48)32(41)22-27(2)35(40)47/h22-23,28,31-32,34,36,44,48-49H,9-21,24-26H2,1-8H3. The highest BCUT2D eigenvalue weighted by molar-refractivity contribution is 6.04. The van der Waals surface area contributed by atoms with Crippen LogP contribution in [-0.2, 0) is 33.8 Å². The molecule has 9 atom stereocenters. The Labute approximate surface area is 316 Å². The number of ketones is 1. The number of hydroxylamine groups is 2. The predicted molar refractivity (Wildman–Crippen MR) is 197 cm³/mol. The second kappa shape index (κ2) is 15.4. The first-order valence-corrected chi connectivity index (χ1v) is 20.3. The van der Waals surface area contributed by atoms with Gasteiger partial charge in [0.1, 0.15) is 17.4 Å². The van der Waals surface area contributed by atoms with Gasteiger partial charge in [-0.3, -0.25) is 14.4 Å². The van der Waals surface area contributed by atoms with Crippen LogP contribution in [0.25, 0.3) is 0 Å². The summed E-state index contributed by atoms with van der Waals surface area (Å²) in [7, 11) is 0. The Morgan fingerprint density at radius 2 is 1.57 bits per heavy atom. The van der Waals surface area contributed by atoms with E-state index in [0.29, 0.717) is 17.6 Å². The van der Waals surface area contributed by atoms with Gasteiger partial charge in [0, 0.05) is 55.3 Å². The van der Waals surface area contributed by atoms with E-state index in [0.717, 1.165) is 30.7 Å². The number of nitrogens with zero attached hydrogens (tertiary/aromatic N) is 1. The molecule has 0 amide bonds. The van der Waals surface area contributed by atoms with Crippen LogP contribution in [0.2, 0.25) is 0 Å². The first-order chi connectivity index (χ1) is 24.8. The third-order valence-electron chi connectivity index (χ3n) is 13.8. The van der Waals surface area contributed by atoms with Gasteiger partial charge in [-0.1, -0.05) is 97.6 Å². The summed E-state index contributed by atoms with van der Waals surface area (Å²) in [5.74, 6) is -5.00. The molecule has 5 rings (SSSR count). The lowest BCUT2D eigenvalue weighted by Crippen LogP contribution is -2.66. The van der Waals surface area contributed by atoms with E-state index in [9.17, 15) is 34.9 Å². The zero-order chi connectivity index (χ0) is 39.2. The minimum Gasteiger partial charge on any atom is -0.458 e. The van der Waals surface area contributed by atoms with E-state index >= 15 is 0 Å². The Bertz CT molecular complexity index is 1450. The van der Waals surface area contributed by atoms with Gasteiger partial charge in [0.05, 0.1) is 24.4 Å². The first kappa shape index (κ1) is 42.0. The molecule has 11 heteroatoms. The van der Waals surface area contributed by atoms with Crippen LogP contribution in [-0.4, -0.2) is 85.5 Å². The number of unbranched alkanes of at least 4 members (excludes halogenated alkanes) is 9. The van der Waals surface area contributed by atoms with Crippen molar-refractivity contribution >= 4 is 17.7 Å². The number of hydrogen-bond acceptors (Lipinski definition) is 10. The molecule has 1 aliphatic heterocycles. The molecule has 3 N–H and O–H groups in total. The van der Waals surface area contributed by atoms with Crippen molar-refractivity contribution in [2.24, 2.45) is 29.1 Å². The molecular weight excluding hydrogens is 678 g/mol. The van der Waals surface area contributed by atoms with E-state index in [4.69, 9.17) is 14.2 Å². The van der Waals surface area contributed by atoms with Crippen molar-refractivity contribution in [1.82, 2.24) is 5.06 Å². The summed E-state index contributed by atoms with van der Waals surface area (Å²) in [6.07, 6.45) is 14.1. The summed E-state index contributed by atoms with van der Waals surface area (Å²) in [5.41, 5.74) is -7.16. The largest absolute Gasteiger partial charge is 0.458 e. The van der Waals surface area contributed by atoms with Gasteiger partial charge in [0.25, 0.3) is 0 Å². The third kappa shape index (κ3) is 7.09. The molecule has 2 saturated carbocycles. The predicted octanol–water partition coefficient (Wildman–Crippen LogP) is 6.30. The zero-order valence-electron chi connectivity index (χ0n) is 33.5. The molecule has 0 aromatic rings. The summed E-state index contributed by atoms with van der Waals surface area (Å²) in [5, 5.41) is 50.0. The Morgan fingerprint density at radius 3 is 2.11 bits per heavy atom. The van der Waals surface area contributed by atoms with Crippen molar-refractivity contribution in [3.63, 3.8) is 0 Å². The Hall–Kier alpha value is -2.15. The summed E-state index contributed by atoms with van der Waals surface area (Å²) in [6.45, 7) is 14.1. The number of hydrogen-bond donors (Lipinski definition) is 3. The van der Waals surface area contributed by atoms with Crippen molar-refractivity contribution in [3.05, 3.63) is 23.3 Å². The van der Waals surface area contributed by atoms with Crippen LogP contribution in [0.4, 0.5) is 0 Å². The van der Waals surface area contributed by atoms with Gasteiger partial charge >= 0.3 is 11.9 Å². The molecule has 299 valence electrons. The van der Waals surface area contributed by atoms with Gasteiger partial charge in [-0.25, -0.2) is 0 Å². The molecule has 5 aliphatic rings. The van der Waals surface area contributed by atoms with E-state index in [2.05, 4.69) is 6.92 Å². The molecule has 0 aromatic carbocycles. The lowest BCUT2D eigenvalue weighted by Gasteiger charge is -2.53. The number of ether oxygens (including phenoxy) is 3. The number of aliphatic hydroxyl groups is 3. The van der Waals surface area contributed by atoms with Gasteiger partial charge in [-0.05, 0) is 44.8 Å². The van der Waals surface area contributed by atoms with E-state index in [1.54, 1.807) is 26.0 Å². The fraction of sp³-hybridized carbons (Fsp3) is 0.833. The molecule has 1 heterocycles. The van der Waals surface area contributed by atoms with Gasteiger partial charge < -0.3 is 29.5 Å². The van der Waals surface area contributed by atoms with E-state index in [1.807, 2.05) is 27.7 Å². The highest BCUT2D eigenvalue weighted by Crippen LogP contribution is 2.77. The van der Waals surface area contributed by atoms with Gasteiger partial charge in [-0.2, -0.15) is 0 Å². The lowest BCUT2D eigenvalue weighted by molar-refractivity contribution is -0.296. The quantitative estimate of drug-likeness (QED) is 0.0876. The minimum atomic E-state index is -2.00. The maximum Gasteiger partial charge on any atom is 0.306 e. The van der Waals surface area contributed by atoms with Crippen LogP contribution in [0.1, 0.15) is 145 Å². The fourth-order valence-corrected chi connectivity index (χ4v) is 10.9. The van der Waals surface area contributed by atoms with Crippen LogP contribution < -0.4 is 0 Å². The highest BCUT2D eigenvalue weighted by Gasteiger charge is 2.87. The van der Waals surface area contributed by atoms with Crippen LogP contribution in [0.3, 0.4) is 0 Å². The van der Waals surface area contributed by atoms with E-state index in [-0.39, 0.29) is 25.9 Å². The van der Waals surface area contributed by atoms with Crippen molar-refractivity contribution in [2.75, 3.05) is 13.2 Å². The summed E-state index contributed by atoms with van der Waals surface area (Å²) in [4.78, 5) is 40.2. The smallest absolute Gasteiger partial charge is 0.306 e. The molecule has 0 bridgehead atoms. The Kier molecular flexibility index (Phi) is 12.2. The number of fused-ring (bicyclic) bond motifs is 5. The van der Waals surface area contributed by atoms with E-state index < -0.39 is 87.6 Å². The molecule has 53 heavy (non-hydrogen) atoms.